The number of nitrogens with zero attached hydrogens (tertiary/aromatic N) is 1. The van der Waals surface area contributed by atoms with Crippen LogP contribution in [0.5, 0.6) is 11.5 Å². The molecule has 0 bridgehead atoms. The van der Waals surface area contributed by atoms with E-state index in [1.807, 2.05) is 24.3 Å². The van der Waals surface area contributed by atoms with Gasteiger partial charge in [-0.25, -0.2) is 0 Å². The van der Waals surface area contributed by atoms with E-state index in [4.69, 9.17) is 14.7 Å². The molecule has 0 spiro atoms. The van der Waals surface area contributed by atoms with Crippen molar-refractivity contribution in [3.63, 3.8) is 0 Å². The van der Waals surface area contributed by atoms with E-state index in [-0.39, 0.29) is 0 Å². The highest BCUT2D eigenvalue weighted by atomic mass is 16.5. The van der Waals surface area contributed by atoms with E-state index < -0.39 is 0 Å². The van der Waals surface area contributed by atoms with Gasteiger partial charge in [0.15, 0.2) is 11.5 Å². The van der Waals surface area contributed by atoms with Crippen LogP contribution in [0.1, 0.15) is 18.4 Å². The number of hydrogen-bond acceptors (Lipinski definition) is 4. The van der Waals surface area contributed by atoms with Crippen molar-refractivity contribution in [3.05, 3.63) is 29.3 Å². The number of fused-ring (bicyclic) bond motifs is 1. The van der Waals surface area contributed by atoms with E-state index in [9.17, 15) is 0 Å². The molecule has 1 aromatic carbocycles. The fraction of sp³-hybridized carbons (Fsp3) is 0.438. The quantitative estimate of drug-likeness (QED) is 0.916. The molecule has 0 aromatic heterocycles. The minimum Gasteiger partial charge on any atom is -0.489 e. The summed E-state index contributed by atoms with van der Waals surface area (Å²) in [5.41, 5.74) is 1.57. The Kier molecular flexibility index (Phi) is 3.89. The molecule has 0 radical (unpaired) electrons. The van der Waals surface area contributed by atoms with Gasteiger partial charge in [0.1, 0.15) is 6.61 Å². The second kappa shape index (κ2) is 5.98. The van der Waals surface area contributed by atoms with Crippen LogP contribution in [0.25, 0.3) is 6.08 Å². The lowest BCUT2D eigenvalue weighted by Gasteiger charge is -2.24. The van der Waals surface area contributed by atoms with E-state index in [0.717, 1.165) is 30.2 Å². The van der Waals surface area contributed by atoms with Crippen molar-refractivity contribution in [2.75, 3.05) is 26.3 Å². The third-order valence-corrected chi connectivity index (χ3v) is 3.73. The van der Waals surface area contributed by atoms with Crippen LogP contribution < -0.4 is 14.8 Å². The number of para-hydroxylation sites is 1. The highest BCUT2D eigenvalue weighted by molar-refractivity contribution is 5.68. The van der Waals surface area contributed by atoms with E-state index in [2.05, 4.69) is 11.4 Å². The Morgan fingerprint density at radius 3 is 3.20 bits per heavy atom. The summed E-state index contributed by atoms with van der Waals surface area (Å²) in [4.78, 5) is 0. The molecule has 1 N–H and O–H groups in total. The minimum absolute atomic E-state index is 0.328. The third kappa shape index (κ3) is 2.78. The zero-order chi connectivity index (χ0) is 13.8. The number of nitrogens with one attached hydrogen (secondary N) is 1. The van der Waals surface area contributed by atoms with Crippen molar-refractivity contribution < 1.29 is 9.47 Å². The summed E-state index contributed by atoms with van der Waals surface area (Å²) in [5.74, 6) is 2.10. The third-order valence-electron chi connectivity index (χ3n) is 3.73. The van der Waals surface area contributed by atoms with E-state index in [1.165, 1.54) is 12.8 Å². The number of piperidine rings is 1. The van der Waals surface area contributed by atoms with Gasteiger partial charge in [0.2, 0.25) is 0 Å². The van der Waals surface area contributed by atoms with Crippen molar-refractivity contribution in [1.29, 1.82) is 5.26 Å². The predicted molar refractivity (Wildman–Crippen MR) is 76.6 cm³/mol. The fourth-order valence-electron chi connectivity index (χ4n) is 2.63. The number of benzene rings is 1. The molecule has 2 aliphatic heterocycles. The van der Waals surface area contributed by atoms with Crippen LogP contribution in [0.3, 0.4) is 0 Å². The molecule has 1 fully saturated rings. The Bertz CT molecular complexity index is 554. The lowest BCUT2D eigenvalue weighted by Crippen LogP contribution is -2.33. The number of ether oxygens (including phenoxy) is 2. The summed E-state index contributed by atoms with van der Waals surface area (Å²) in [5, 5.41) is 12.3. The van der Waals surface area contributed by atoms with Crippen LogP contribution in [-0.2, 0) is 0 Å². The van der Waals surface area contributed by atoms with Crippen LogP contribution in [0.4, 0.5) is 0 Å². The maximum Gasteiger partial charge on any atom is 0.168 e. The average molecular weight is 270 g/mol. The molecule has 0 amide bonds. The molecule has 20 heavy (non-hydrogen) atoms. The van der Waals surface area contributed by atoms with Crippen molar-refractivity contribution in [1.82, 2.24) is 5.32 Å². The fourth-order valence-corrected chi connectivity index (χ4v) is 2.63. The van der Waals surface area contributed by atoms with Gasteiger partial charge in [-0.3, -0.25) is 0 Å². The zero-order valence-electron chi connectivity index (χ0n) is 11.4. The number of nitriles is 1. The van der Waals surface area contributed by atoms with Crippen LogP contribution in [0, 0.1) is 17.2 Å². The molecule has 2 heterocycles. The molecule has 1 aromatic rings. The van der Waals surface area contributed by atoms with Crippen LogP contribution >= 0.6 is 0 Å². The Morgan fingerprint density at radius 1 is 1.45 bits per heavy atom. The van der Waals surface area contributed by atoms with Gasteiger partial charge in [-0.05, 0) is 31.5 Å². The van der Waals surface area contributed by atoms with Gasteiger partial charge >= 0.3 is 0 Å². The zero-order valence-corrected chi connectivity index (χ0v) is 11.4. The average Bonchev–Trinajstić information content (AvgIpc) is 2.53. The Morgan fingerprint density at radius 2 is 2.40 bits per heavy atom. The van der Waals surface area contributed by atoms with Crippen molar-refractivity contribution >= 4 is 6.08 Å². The Hall–Kier alpha value is -1.99. The SMILES string of the molecule is N#CC1=Cc2cccc(OC[C@H]3CCCNC3)c2OC1. The first-order valence-corrected chi connectivity index (χ1v) is 7.07. The smallest absolute Gasteiger partial charge is 0.168 e. The maximum atomic E-state index is 8.92. The molecule has 104 valence electrons. The first-order chi connectivity index (χ1) is 9.86. The molecule has 1 atom stereocenters. The largest absolute Gasteiger partial charge is 0.489 e. The Balaban J connectivity index is 1.71. The predicted octanol–water partition coefficient (Wildman–Crippen LogP) is 2.36. The van der Waals surface area contributed by atoms with Crippen molar-refractivity contribution in [3.8, 4) is 17.6 Å². The second-order valence-corrected chi connectivity index (χ2v) is 5.27. The van der Waals surface area contributed by atoms with Crippen molar-refractivity contribution in [2.45, 2.75) is 12.8 Å². The van der Waals surface area contributed by atoms with Gasteiger partial charge in [0, 0.05) is 18.0 Å². The molecular formula is C16H18N2O2. The maximum absolute atomic E-state index is 8.92. The monoisotopic (exact) mass is 270 g/mol. The molecule has 4 nitrogen and oxygen atoms in total. The number of rotatable bonds is 3. The van der Waals surface area contributed by atoms with Gasteiger partial charge < -0.3 is 14.8 Å². The minimum atomic E-state index is 0.328. The van der Waals surface area contributed by atoms with Gasteiger partial charge in [-0.2, -0.15) is 5.26 Å². The first-order valence-electron chi connectivity index (χ1n) is 7.07. The van der Waals surface area contributed by atoms with Gasteiger partial charge in [0.05, 0.1) is 18.2 Å². The molecule has 0 unspecified atom stereocenters. The van der Waals surface area contributed by atoms with Crippen LogP contribution in [0.2, 0.25) is 0 Å². The molecule has 2 aliphatic rings. The molecule has 4 heteroatoms. The lowest BCUT2D eigenvalue weighted by molar-refractivity contribution is 0.208. The summed E-state index contributed by atoms with van der Waals surface area (Å²) in [6, 6.07) is 7.95. The van der Waals surface area contributed by atoms with E-state index in [1.54, 1.807) is 0 Å². The van der Waals surface area contributed by atoms with Crippen LogP contribution in [0.15, 0.2) is 23.8 Å². The topological polar surface area (TPSA) is 54.3 Å². The summed E-state index contributed by atoms with van der Waals surface area (Å²) >= 11 is 0. The van der Waals surface area contributed by atoms with Crippen LogP contribution in [-0.4, -0.2) is 26.3 Å². The molecule has 0 aliphatic carbocycles. The summed E-state index contributed by atoms with van der Waals surface area (Å²) < 4.78 is 11.6. The molecule has 0 saturated carbocycles. The van der Waals surface area contributed by atoms with Gasteiger partial charge in [-0.1, -0.05) is 12.1 Å². The molecular weight excluding hydrogens is 252 g/mol. The van der Waals surface area contributed by atoms with E-state index in [0.29, 0.717) is 24.7 Å². The normalized spacial score (nSPS) is 21.1. The van der Waals surface area contributed by atoms with E-state index >= 15 is 0 Å². The first kappa shape index (κ1) is 13.0. The Labute approximate surface area is 119 Å². The molecule has 3 rings (SSSR count). The number of hydrogen-bond donors (Lipinski definition) is 1. The summed E-state index contributed by atoms with van der Waals surface area (Å²) in [6.45, 7) is 3.17. The van der Waals surface area contributed by atoms with Crippen molar-refractivity contribution in [2.24, 2.45) is 5.92 Å². The highest BCUT2D eigenvalue weighted by Gasteiger charge is 2.18. The summed E-state index contributed by atoms with van der Waals surface area (Å²) in [7, 11) is 0. The second-order valence-electron chi connectivity index (χ2n) is 5.27. The summed E-state index contributed by atoms with van der Waals surface area (Å²) in [6.07, 6.45) is 4.29. The standard InChI is InChI=1S/C16H18N2O2/c17-8-13-7-14-4-1-5-15(16(14)20-11-13)19-10-12-3-2-6-18-9-12/h1,4-5,7,12,18H,2-3,6,9-11H2/t12-/m0/s1. The highest BCUT2D eigenvalue weighted by Crippen LogP contribution is 2.36. The molecule has 1 saturated heterocycles. The lowest BCUT2D eigenvalue weighted by atomic mass is 10.0. The van der Waals surface area contributed by atoms with Gasteiger partial charge in [-0.15, -0.1) is 0 Å². The van der Waals surface area contributed by atoms with Gasteiger partial charge in [0.25, 0.3) is 0 Å².